The highest BCUT2D eigenvalue weighted by Crippen LogP contribution is 2.19. The Morgan fingerprint density at radius 1 is 1.25 bits per heavy atom. The summed E-state index contributed by atoms with van der Waals surface area (Å²) in [5, 5.41) is 0. The molecular formula is C12H27ClN2O. The molecule has 0 aromatic rings. The van der Waals surface area contributed by atoms with E-state index in [9.17, 15) is 0 Å². The molecule has 0 spiro atoms. The summed E-state index contributed by atoms with van der Waals surface area (Å²) >= 11 is 0. The van der Waals surface area contributed by atoms with Gasteiger partial charge >= 0.3 is 0 Å². The van der Waals surface area contributed by atoms with Crippen LogP contribution in [0.15, 0.2) is 0 Å². The summed E-state index contributed by atoms with van der Waals surface area (Å²) in [6.45, 7) is 8.07. The predicted molar refractivity (Wildman–Crippen MR) is 71.2 cm³/mol. The number of nitrogens with zero attached hydrogens (tertiary/aromatic N) is 1. The Labute approximate surface area is 106 Å². The van der Waals surface area contributed by atoms with E-state index in [2.05, 4.69) is 11.8 Å². The zero-order valence-electron chi connectivity index (χ0n) is 10.5. The topological polar surface area (TPSA) is 38.5 Å². The molecule has 0 aromatic carbocycles. The van der Waals surface area contributed by atoms with Crippen LogP contribution >= 0.6 is 12.4 Å². The van der Waals surface area contributed by atoms with Gasteiger partial charge < -0.3 is 15.4 Å². The maximum Gasteiger partial charge on any atom is 0.0594 e. The van der Waals surface area contributed by atoms with Gasteiger partial charge in [-0.2, -0.15) is 0 Å². The largest absolute Gasteiger partial charge is 0.379 e. The van der Waals surface area contributed by atoms with E-state index >= 15 is 0 Å². The van der Waals surface area contributed by atoms with Gasteiger partial charge in [0, 0.05) is 13.1 Å². The van der Waals surface area contributed by atoms with Crippen molar-refractivity contribution < 1.29 is 4.74 Å². The van der Waals surface area contributed by atoms with E-state index in [0.29, 0.717) is 13.2 Å². The minimum atomic E-state index is 0. The highest BCUT2D eigenvalue weighted by atomic mass is 35.5. The van der Waals surface area contributed by atoms with E-state index in [1.165, 1.54) is 38.8 Å². The molecular weight excluding hydrogens is 224 g/mol. The van der Waals surface area contributed by atoms with E-state index < -0.39 is 0 Å². The number of ether oxygens (including phenoxy) is 1. The van der Waals surface area contributed by atoms with E-state index in [0.717, 1.165) is 19.1 Å². The average Bonchev–Trinajstić information content (AvgIpc) is 2.49. The molecule has 1 rings (SSSR count). The molecule has 0 saturated carbocycles. The zero-order chi connectivity index (χ0) is 10.9. The third-order valence-electron chi connectivity index (χ3n) is 3.33. The molecule has 1 saturated heterocycles. The number of likely N-dealkylation sites (tertiary alicyclic amines) is 1. The molecule has 1 unspecified atom stereocenters. The van der Waals surface area contributed by atoms with Gasteiger partial charge in [0.25, 0.3) is 0 Å². The van der Waals surface area contributed by atoms with Crippen LogP contribution in [0.4, 0.5) is 0 Å². The first-order valence-corrected chi connectivity index (χ1v) is 6.37. The predicted octanol–water partition coefficient (Wildman–Crippen LogP) is 1.90. The van der Waals surface area contributed by atoms with Crippen LogP contribution in [0.1, 0.15) is 32.6 Å². The lowest BCUT2D eigenvalue weighted by molar-refractivity contribution is 0.110. The second-order valence-electron chi connectivity index (χ2n) is 4.45. The maximum absolute atomic E-state index is 5.41. The first kappa shape index (κ1) is 16.2. The quantitative estimate of drug-likeness (QED) is 0.732. The first-order chi connectivity index (χ1) is 7.36. The van der Waals surface area contributed by atoms with Crippen LogP contribution in [0.5, 0.6) is 0 Å². The number of hydrogen-bond donors (Lipinski definition) is 1. The van der Waals surface area contributed by atoms with Crippen LogP contribution in [0.2, 0.25) is 0 Å². The summed E-state index contributed by atoms with van der Waals surface area (Å²) in [6.07, 6.45) is 5.48. The molecule has 4 heteroatoms. The van der Waals surface area contributed by atoms with Gasteiger partial charge in [0.1, 0.15) is 0 Å². The minimum absolute atomic E-state index is 0. The van der Waals surface area contributed by atoms with Gasteiger partial charge in [-0.1, -0.05) is 13.3 Å². The molecule has 1 aliphatic rings. The number of halogens is 1. The van der Waals surface area contributed by atoms with Gasteiger partial charge in [-0.3, -0.25) is 0 Å². The van der Waals surface area contributed by atoms with Crippen LogP contribution in [-0.4, -0.2) is 44.3 Å². The van der Waals surface area contributed by atoms with E-state index in [1.807, 2.05) is 0 Å². The fraction of sp³-hybridized carbons (Fsp3) is 1.00. The van der Waals surface area contributed by atoms with E-state index in [-0.39, 0.29) is 12.4 Å². The summed E-state index contributed by atoms with van der Waals surface area (Å²) in [7, 11) is 0. The third-order valence-corrected chi connectivity index (χ3v) is 3.33. The van der Waals surface area contributed by atoms with Crippen LogP contribution in [-0.2, 0) is 4.74 Å². The average molecular weight is 251 g/mol. The van der Waals surface area contributed by atoms with Gasteiger partial charge in [-0.05, 0) is 38.3 Å². The third kappa shape index (κ3) is 6.69. The molecule has 0 aliphatic carbocycles. The molecule has 3 nitrogen and oxygen atoms in total. The summed E-state index contributed by atoms with van der Waals surface area (Å²) in [4.78, 5) is 2.53. The van der Waals surface area contributed by atoms with Crippen molar-refractivity contribution in [1.82, 2.24) is 4.90 Å². The molecule has 98 valence electrons. The fourth-order valence-electron chi connectivity index (χ4n) is 2.24. The molecule has 1 heterocycles. The smallest absolute Gasteiger partial charge is 0.0594 e. The molecule has 2 N–H and O–H groups in total. The minimum Gasteiger partial charge on any atom is -0.379 e. The van der Waals surface area contributed by atoms with E-state index in [1.54, 1.807) is 0 Å². The summed E-state index contributed by atoms with van der Waals surface area (Å²) in [5.74, 6) is 0.958. The normalized spacial score (nSPS) is 22.5. The highest BCUT2D eigenvalue weighted by Gasteiger charge is 2.14. The van der Waals surface area contributed by atoms with Crippen molar-refractivity contribution in [2.75, 3.05) is 39.4 Å². The van der Waals surface area contributed by atoms with Gasteiger partial charge in [-0.25, -0.2) is 0 Å². The highest BCUT2D eigenvalue weighted by molar-refractivity contribution is 5.85. The number of rotatable bonds is 6. The molecule has 16 heavy (non-hydrogen) atoms. The summed E-state index contributed by atoms with van der Waals surface area (Å²) in [6, 6.07) is 0. The molecule has 0 bridgehead atoms. The van der Waals surface area contributed by atoms with Crippen LogP contribution in [0, 0.1) is 5.92 Å². The molecule has 1 aliphatic heterocycles. The lowest BCUT2D eigenvalue weighted by atomic mass is 9.98. The summed E-state index contributed by atoms with van der Waals surface area (Å²) in [5.41, 5.74) is 5.37. The number of nitrogens with two attached hydrogens (primary N) is 1. The van der Waals surface area contributed by atoms with Crippen molar-refractivity contribution >= 4 is 12.4 Å². The Morgan fingerprint density at radius 2 is 2.06 bits per heavy atom. The Morgan fingerprint density at radius 3 is 2.75 bits per heavy atom. The zero-order valence-corrected chi connectivity index (χ0v) is 11.3. The Hall–Kier alpha value is 0.170. The SMILES string of the molecule is CCC1CCCN(CCOCCN)CC1.Cl. The second-order valence-corrected chi connectivity index (χ2v) is 4.45. The molecule has 1 atom stereocenters. The van der Waals surface area contributed by atoms with Gasteiger partial charge in [0.15, 0.2) is 0 Å². The van der Waals surface area contributed by atoms with Gasteiger partial charge in [-0.15, -0.1) is 12.4 Å². The summed E-state index contributed by atoms with van der Waals surface area (Å²) < 4.78 is 5.41. The molecule has 0 radical (unpaired) electrons. The lowest BCUT2D eigenvalue weighted by Crippen LogP contribution is -2.29. The first-order valence-electron chi connectivity index (χ1n) is 6.37. The monoisotopic (exact) mass is 250 g/mol. The van der Waals surface area contributed by atoms with Crippen LogP contribution in [0.3, 0.4) is 0 Å². The van der Waals surface area contributed by atoms with Crippen molar-refractivity contribution in [3.8, 4) is 0 Å². The Bertz CT molecular complexity index is 158. The van der Waals surface area contributed by atoms with Crippen LogP contribution in [0.25, 0.3) is 0 Å². The Kier molecular flexibility index (Phi) is 10.4. The van der Waals surface area contributed by atoms with E-state index in [4.69, 9.17) is 10.5 Å². The van der Waals surface area contributed by atoms with Crippen LogP contribution < -0.4 is 5.73 Å². The Balaban J connectivity index is 0.00000225. The molecule has 0 amide bonds. The van der Waals surface area contributed by atoms with Crippen molar-refractivity contribution in [3.63, 3.8) is 0 Å². The van der Waals surface area contributed by atoms with Crippen molar-refractivity contribution in [1.29, 1.82) is 0 Å². The van der Waals surface area contributed by atoms with Gasteiger partial charge in [0.05, 0.1) is 13.2 Å². The molecule has 0 aromatic heterocycles. The maximum atomic E-state index is 5.41. The van der Waals surface area contributed by atoms with Crippen molar-refractivity contribution in [3.05, 3.63) is 0 Å². The lowest BCUT2D eigenvalue weighted by Gasteiger charge is -2.19. The van der Waals surface area contributed by atoms with Gasteiger partial charge in [0.2, 0.25) is 0 Å². The second kappa shape index (κ2) is 10.3. The standard InChI is InChI=1S/C12H26N2O.ClH/c1-2-12-4-3-7-14(8-5-12)9-11-15-10-6-13;/h12H,2-11,13H2,1H3;1H. The van der Waals surface area contributed by atoms with Crippen molar-refractivity contribution in [2.45, 2.75) is 32.6 Å². The fourth-order valence-corrected chi connectivity index (χ4v) is 2.24. The van der Waals surface area contributed by atoms with Crippen molar-refractivity contribution in [2.24, 2.45) is 11.7 Å². The number of hydrogen-bond acceptors (Lipinski definition) is 3. The molecule has 1 fully saturated rings.